The van der Waals surface area contributed by atoms with Gasteiger partial charge in [0.05, 0.1) is 11.3 Å². The van der Waals surface area contributed by atoms with Crippen LogP contribution in [-0.4, -0.2) is 22.4 Å². The standard InChI is InChI=1S/C11H15N3O3/c1-2-7-13(12)11(15)8-9-3-5-10(6-4-9)14(16)17/h3-6H,2,7-8,12H2,1H3. The van der Waals surface area contributed by atoms with E-state index in [9.17, 15) is 14.9 Å². The van der Waals surface area contributed by atoms with E-state index in [1.807, 2.05) is 6.92 Å². The molecular formula is C11H15N3O3. The molecule has 0 aliphatic heterocycles. The first-order valence-electron chi connectivity index (χ1n) is 5.33. The molecule has 0 spiro atoms. The number of nitro benzene ring substituents is 1. The molecule has 0 bridgehead atoms. The second-order valence-electron chi connectivity index (χ2n) is 3.69. The van der Waals surface area contributed by atoms with Crippen molar-refractivity contribution in [1.29, 1.82) is 0 Å². The highest BCUT2D eigenvalue weighted by Gasteiger charge is 2.10. The maximum absolute atomic E-state index is 11.6. The summed E-state index contributed by atoms with van der Waals surface area (Å²) in [6, 6.07) is 5.89. The average Bonchev–Trinajstić information content (AvgIpc) is 2.30. The maximum Gasteiger partial charge on any atom is 0.269 e. The third kappa shape index (κ3) is 3.84. The largest absolute Gasteiger partial charge is 0.280 e. The maximum atomic E-state index is 11.6. The summed E-state index contributed by atoms with van der Waals surface area (Å²) in [5.41, 5.74) is 0.728. The fraction of sp³-hybridized carbons (Fsp3) is 0.364. The van der Waals surface area contributed by atoms with Crippen molar-refractivity contribution < 1.29 is 9.72 Å². The van der Waals surface area contributed by atoms with E-state index in [0.29, 0.717) is 12.1 Å². The third-order valence-corrected chi connectivity index (χ3v) is 2.29. The molecule has 0 unspecified atom stereocenters. The van der Waals surface area contributed by atoms with Crippen LogP contribution in [-0.2, 0) is 11.2 Å². The highest BCUT2D eigenvalue weighted by molar-refractivity contribution is 5.78. The molecule has 1 aromatic rings. The Bertz CT molecular complexity index is 403. The Labute approximate surface area is 99.1 Å². The summed E-state index contributed by atoms with van der Waals surface area (Å²) in [7, 11) is 0. The van der Waals surface area contributed by atoms with E-state index in [2.05, 4.69) is 0 Å². The molecule has 0 atom stereocenters. The predicted octanol–water partition coefficient (Wildman–Crippen LogP) is 1.25. The Kier molecular flexibility index (Phi) is 4.59. The van der Waals surface area contributed by atoms with Crippen LogP contribution >= 0.6 is 0 Å². The summed E-state index contributed by atoms with van der Waals surface area (Å²) in [6.07, 6.45) is 0.955. The predicted molar refractivity (Wildman–Crippen MR) is 63.0 cm³/mol. The van der Waals surface area contributed by atoms with E-state index in [1.165, 1.54) is 17.1 Å². The van der Waals surface area contributed by atoms with Crippen molar-refractivity contribution in [2.75, 3.05) is 6.54 Å². The summed E-state index contributed by atoms with van der Waals surface area (Å²) < 4.78 is 0. The summed E-state index contributed by atoms with van der Waals surface area (Å²) in [5, 5.41) is 11.6. The second-order valence-corrected chi connectivity index (χ2v) is 3.69. The molecule has 92 valence electrons. The van der Waals surface area contributed by atoms with E-state index < -0.39 is 4.92 Å². The number of hydrogen-bond acceptors (Lipinski definition) is 4. The van der Waals surface area contributed by atoms with Crippen LogP contribution in [0.3, 0.4) is 0 Å². The van der Waals surface area contributed by atoms with Crippen molar-refractivity contribution in [3.8, 4) is 0 Å². The molecule has 0 aliphatic carbocycles. The van der Waals surface area contributed by atoms with Gasteiger partial charge in [0.1, 0.15) is 0 Å². The van der Waals surface area contributed by atoms with Gasteiger partial charge in [0.15, 0.2) is 0 Å². The number of nitrogens with zero attached hydrogens (tertiary/aromatic N) is 2. The van der Waals surface area contributed by atoms with E-state index in [-0.39, 0.29) is 18.0 Å². The lowest BCUT2D eigenvalue weighted by atomic mass is 10.1. The van der Waals surface area contributed by atoms with Gasteiger partial charge in [0, 0.05) is 18.7 Å². The Hall–Kier alpha value is -1.95. The molecule has 0 saturated carbocycles. The van der Waals surface area contributed by atoms with Crippen LogP contribution < -0.4 is 5.84 Å². The van der Waals surface area contributed by atoms with Gasteiger partial charge in [-0.15, -0.1) is 0 Å². The normalized spacial score (nSPS) is 10.0. The number of carbonyl (C=O) groups excluding carboxylic acids is 1. The van der Waals surface area contributed by atoms with Crippen molar-refractivity contribution in [3.63, 3.8) is 0 Å². The summed E-state index contributed by atoms with van der Waals surface area (Å²) in [6.45, 7) is 2.44. The molecule has 0 aliphatic rings. The van der Waals surface area contributed by atoms with E-state index in [0.717, 1.165) is 6.42 Å². The molecule has 0 heterocycles. The van der Waals surface area contributed by atoms with Crippen molar-refractivity contribution in [3.05, 3.63) is 39.9 Å². The Morgan fingerprint density at radius 2 is 2.00 bits per heavy atom. The number of benzene rings is 1. The number of hydrogen-bond donors (Lipinski definition) is 1. The Morgan fingerprint density at radius 3 is 2.47 bits per heavy atom. The van der Waals surface area contributed by atoms with Crippen LogP contribution in [0.4, 0.5) is 5.69 Å². The zero-order valence-corrected chi connectivity index (χ0v) is 9.63. The quantitative estimate of drug-likeness (QED) is 0.361. The fourth-order valence-electron chi connectivity index (χ4n) is 1.38. The number of amides is 1. The Balaban J connectivity index is 2.63. The minimum atomic E-state index is -0.474. The molecule has 0 radical (unpaired) electrons. The molecule has 6 nitrogen and oxygen atoms in total. The molecule has 6 heteroatoms. The molecule has 1 amide bonds. The number of carbonyl (C=O) groups is 1. The van der Waals surface area contributed by atoms with E-state index >= 15 is 0 Å². The van der Waals surface area contributed by atoms with E-state index in [1.54, 1.807) is 12.1 Å². The first kappa shape index (κ1) is 13.1. The minimum absolute atomic E-state index is 0.0133. The molecule has 0 aromatic heterocycles. The van der Waals surface area contributed by atoms with Gasteiger partial charge in [-0.05, 0) is 12.0 Å². The zero-order valence-electron chi connectivity index (χ0n) is 9.63. The fourth-order valence-corrected chi connectivity index (χ4v) is 1.38. The van der Waals surface area contributed by atoms with Gasteiger partial charge in [-0.25, -0.2) is 5.84 Å². The van der Waals surface area contributed by atoms with Crippen molar-refractivity contribution in [2.45, 2.75) is 19.8 Å². The molecule has 0 fully saturated rings. The first-order valence-corrected chi connectivity index (χ1v) is 5.33. The van der Waals surface area contributed by atoms with E-state index in [4.69, 9.17) is 5.84 Å². The van der Waals surface area contributed by atoms with Crippen LogP contribution in [0, 0.1) is 10.1 Å². The lowest BCUT2D eigenvalue weighted by Gasteiger charge is -2.15. The van der Waals surface area contributed by atoms with Crippen molar-refractivity contribution in [1.82, 2.24) is 5.01 Å². The lowest BCUT2D eigenvalue weighted by molar-refractivity contribution is -0.384. The van der Waals surface area contributed by atoms with Gasteiger partial charge >= 0.3 is 0 Å². The minimum Gasteiger partial charge on any atom is -0.280 e. The number of hydrazine groups is 1. The molecular weight excluding hydrogens is 222 g/mol. The van der Waals surface area contributed by atoms with Gasteiger partial charge in [-0.2, -0.15) is 0 Å². The topological polar surface area (TPSA) is 89.5 Å². The monoisotopic (exact) mass is 237 g/mol. The summed E-state index contributed by atoms with van der Waals surface area (Å²) in [5.74, 6) is 5.34. The SMILES string of the molecule is CCCN(N)C(=O)Cc1ccc([N+](=O)[O-])cc1. The smallest absolute Gasteiger partial charge is 0.269 e. The molecule has 2 N–H and O–H groups in total. The molecule has 1 aromatic carbocycles. The number of nitrogens with two attached hydrogens (primary N) is 1. The zero-order chi connectivity index (χ0) is 12.8. The number of non-ortho nitro benzene ring substituents is 1. The molecule has 1 rings (SSSR count). The van der Waals surface area contributed by atoms with Crippen molar-refractivity contribution >= 4 is 11.6 Å². The van der Waals surface area contributed by atoms with Crippen LogP contribution in [0.5, 0.6) is 0 Å². The van der Waals surface area contributed by atoms with Gasteiger partial charge < -0.3 is 0 Å². The van der Waals surface area contributed by atoms with Gasteiger partial charge in [-0.1, -0.05) is 19.1 Å². The van der Waals surface area contributed by atoms with Gasteiger partial charge in [-0.3, -0.25) is 19.9 Å². The lowest BCUT2D eigenvalue weighted by Crippen LogP contribution is -2.38. The summed E-state index contributed by atoms with van der Waals surface area (Å²) >= 11 is 0. The number of rotatable bonds is 5. The van der Waals surface area contributed by atoms with Gasteiger partial charge in [0.2, 0.25) is 5.91 Å². The Morgan fingerprint density at radius 1 is 1.41 bits per heavy atom. The van der Waals surface area contributed by atoms with Crippen LogP contribution in [0.25, 0.3) is 0 Å². The molecule has 17 heavy (non-hydrogen) atoms. The van der Waals surface area contributed by atoms with Gasteiger partial charge in [0.25, 0.3) is 5.69 Å². The second kappa shape index (κ2) is 5.95. The van der Waals surface area contributed by atoms with Crippen LogP contribution in [0.15, 0.2) is 24.3 Å². The highest BCUT2D eigenvalue weighted by atomic mass is 16.6. The first-order chi connectivity index (χ1) is 8.04. The highest BCUT2D eigenvalue weighted by Crippen LogP contribution is 2.12. The van der Waals surface area contributed by atoms with Crippen molar-refractivity contribution in [2.24, 2.45) is 5.84 Å². The molecule has 0 saturated heterocycles. The average molecular weight is 237 g/mol. The van der Waals surface area contributed by atoms with Crippen LogP contribution in [0.2, 0.25) is 0 Å². The van der Waals surface area contributed by atoms with Crippen LogP contribution in [0.1, 0.15) is 18.9 Å². The summed E-state index contributed by atoms with van der Waals surface area (Å²) in [4.78, 5) is 21.6. The third-order valence-electron chi connectivity index (χ3n) is 2.29. The number of nitro groups is 1.